The van der Waals surface area contributed by atoms with E-state index in [-0.39, 0.29) is 39.9 Å². The first-order valence-corrected chi connectivity index (χ1v) is 8.24. The van der Waals surface area contributed by atoms with Gasteiger partial charge in [0.05, 0.1) is 22.4 Å². The second-order valence-electron chi connectivity index (χ2n) is 6.69. The van der Waals surface area contributed by atoms with E-state index in [1.807, 2.05) is 13.8 Å². The van der Waals surface area contributed by atoms with Crippen molar-refractivity contribution in [1.29, 1.82) is 0 Å². The van der Waals surface area contributed by atoms with Crippen LogP contribution in [0.1, 0.15) is 55.4 Å². The van der Waals surface area contributed by atoms with E-state index in [2.05, 4.69) is 4.98 Å². The van der Waals surface area contributed by atoms with Crippen molar-refractivity contribution >= 4 is 29.3 Å². The van der Waals surface area contributed by atoms with E-state index in [0.717, 1.165) is 4.90 Å². The van der Waals surface area contributed by atoms with Gasteiger partial charge in [-0.25, -0.2) is 4.90 Å². The molecule has 0 unspecified atom stereocenters. The Hall–Kier alpha value is -3.35. The summed E-state index contributed by atoms with van der Waals surface area (Å²) in [4.78, 5) is 56.3. The highest BCUT2D eigenvalue weighted by molar-refractivity contribution is 6.34. The molecule has 0 fully saturated rings. The van der Waals surface area contributed by atoms with Gasteiger partial charge in [0.2, 0.25) is 0 Å². The maximum absolute atomic E-state index is 12.6. The van der Waals surface area contributed by atoms with E-state index in [1.54, 1.807) is 6.07 Å². The summed E-state index contributed by atoms with van der Waals surface area (Å²) in [6.07, 6.45) is 1.45. The number of amides is 4. The Balaban J connectivity index is 1.74. The average molecular weight is 349 g/mol. The van der Waals surface area contributed by atoms with Crippen molar-refractivity contribution in [2.24, 2.45) is 5.92 Å². The molecule has 0 radical (unpaired) electrons. The van der Waals surface area contributed by atoms with Crippen LogP contribution in [0.5, 0.6) is 0 Å². The molecule has 130 valence electrons. The zero-order chi connectivity index (χ0) is 18.6. The highest BCUT2D eigenvalue weighted by Gasteiger charge is 2.40. The van der Waals surface area contributed by atoms with Gasteiger partial charge in [0.25, 0.3) is 23.6 Å². The van der Waals surface area contributed by atoms with Crippen LogP contribution in [0.25, 0.3) is 0 Å². The number of nitrogens with zero attached hydrogens (tertiary/aromatic N) is 3. The van der Waals surface area contributed by atoms with Gasteiger partial charge in [-0.3, -0.25) is 29.1 Å². The molecule has 0 aliphatic carbocycles. The van der Waals surface area contributed by atoms with E-state index in [1.165, 1.54) is 35.4 Å². The fraction of sp³-hybridized carbons (Fsp3) is 0.211. The van der Waals surface area contributed by atoms with Gasteiger partial charge in [0, 0.05) is 12.7 Å². The molecule has 3 heterocycles. The zero-order valence-corrected chi connectivity index (χ0v) is 14.2. The van der Waals surface area contributed by atoms with Gasteiger partial charge >= 0.3 is 0 Å². The summed E-state index contributed by atoms with van der Waals surface area (Å²) in [6.45, 7) is 4.15. The topological polar surface area (TPSA) is 87.7 Å². The number of carbonyl (C=O) groups is 4. The summed E-state index contributed by atoms with van der Waals surface area (Å²) >= 11 is 0. The Labute approximate surface area is 149 Å². The Bertz CT molecular complexity index is 961. The van der Waals surface area contributed by atoms with Gasteiger partial charge in [-0.1, -0.05) is 13.8 Å². The molecule has 1 aromatic heterocycles. The number of fused-ring (bicyclic) bond motifs is 2. The molecule has 0 atom stereocenters. The molecule has 4 rings (SSSR count). The maximum atomic E-state index is 12.6. The van der Waals surface area contributed by atoms with Crippen molar-refractivity contribution in [3.63, 3.8) is 0 Å². The number of anilines is 1. The van der Waals surface area contributed by atoms with Gasteiger partial charge in [0.15, 0.2) is 0 Å². The van der Waals surface area contributed by atoms with Crippen molar-refractivity contribution in [1.82, 2.24) is 9.88 Å². The van der Waals surface area contributed by atoms with E-state index >= 15 is 0 Å². The number of rotatable bonds is 3. The first-order valence-electron chi connectivity index (χ1n) is 8.24. The van der Waals surface area contributed by atoms with Crippen LogP contribution in [0.3, 0.4) is 0 Å². The summed E-state index contributed by atoms with van der Waals surface area (Å²) in [5, 5.41) is 0. The Morgan fingerprint density at radius 2 is 1.62 bits per heavy atom. The molecule has 2 aliphatic heterocycles. The number of carbonyl (C=O) groups excluding carboxylic acids is 4. The van der Waals surface area contributed by atoms with Crippen LogP contribution in [-0.2, 0) is 0 Å². The first kappa shape index (κ1) is 16.1. The molecule has 0 spiro atoms. The first-order chi connectivity index (χ1) is 12.4. The van der Waals surface area contributed by atoms with Gasteiger partial charge < -0.3 is 0 Å². The lowest BCUT2D eigenvalue weighted by atomic mass is 10.1. The van der Waals surface area contributed by atoms with Crippen LogP contribution in [0, 0.1) is 5.92 Å². The predicted molar refractivity (Wildman–Crippen MR) is 92.0 cm³/mol. The molecule has 26 heavy (non-hydrogen) atoms. The molecular formula is C19H15N3O4. The minimum atomic E-state index is -0.540. The maximum Gasteiger partial charge on any atom is 0.284 e. The molecule has 0 saturated carbocycles. The van der Waals surface area contributed by atoms with Crippen molar-refractivity contribution in [3.8, 4) is 0 Å². The molecule has 2 aliphatic rings. The van der Waals surface area contributed by atoms with Gasteiger partial charge in [-0.05, 0) is 36.2 Å². The van der Waals surface area contributed by atoms with Crippen LogP contribution in [0.4, 0.5) is 5.69 Å². The third-order valence-corrected chi connectivity index (χ3v) is 4.41. The summed E-state index contributed by atoms with van der Waals surface area (Å²) in [7, 11) is 0. The third kappa shape index (κ3) is 2.17. The SMILES string of the molecule is CC(C)CN1C(=O)c2ccc(N3C(=O)c4cccnc4C3=O)cc2C1=O. The van der Waals surface area contributed by atoms with Crippen LogP contribution in [-0.4, -0.2) is 40.1 Å². The molecule has 7 heteroatoms. The molecule has 0 bridgehead atoms. The summed E-state index contributed by atoms with van der Waals surface area (Å²) in [6, 6.07) is 7.54. The second kappa shape index (κ2) is 5.59. The Morgan fingerprint density at radius 3 is 2.31 bits per heavy atom. The largest absolute Gasteiger partial charge is 0.284 e. The molecule has 7 nitrogen and oxygen atoms in total. The minimum absolute atomic E-state index is 0.0850. The smallest absolute Gasteiger partial charge is 0.274 e. The van der Waals surface area contributed by atoms with Crippen LogP contribution < -0.4 is 4.90 Å². The molecular weight excluding hydrogens is 334 g/mol. The molecule has 2 aromatic rings. The van der Waals surface area contributed by atoms with Crippen molar-refractivity contribution < 1.29 is 19.2 Å². The Morgan fingerprint density at radius 1 is 0.885 bits per heavy atom. The van der Waals surface area contributed by atoms with E-state index in [4.69, 9.17) is 0 Å². The quantitative estimate of drug-likeness (QED) is 0.792. The number of aromatic nitrogens is 1. The average Bonchev–Trinajstić information content (AvgIpc) is 3.01. The number of imide groups is 2. The van der Waals surface area contributed by atoms with E-state index in [0.29, 0.717) is 6.54 Å². The number of pyridine rings is 1. The monoisotopic (exact) mass is 349 g/mol. The Kier molecular flexibility index (Phi) is 3.47. The highest BCUT2D eigenvalue weighted by Crippen LogP contribution is 2.32. The van der Waals surface area contributed by atoms with Crippen LogP contribution in [0.2, 0.25) is 0 Å². The van der Waals surface area contributed by atoms with Crippen molar-refractivity contribution in [2.75, 3.05) is 11.4 Å². The van der Waals surface area contributed by atoms with Crippen LogP contribution >= 0.6 is 0 Å². The predicted octanol–water partition coefficient (Wildman–Crippen LogP) is 2.13. The number of benzene rings is 1. The standard InChI is InChI=1S/C19H15N3O4/c1-10(2)9-21-16(23)12-6-5-11(8-14(12)17(21)24)22-18(25)13-4-3-7-20-15(13)19(22)26/h3-8,10H,9H2,1-2H3. The molecule has 0 N–H and O–H groups in total. The third-order valence-electron chi connectivity index (χ3n) is 4.41. The van der Waals surface area contributed by atoms with E-state index < -0.39 is 17.7 Å². The van der Waals surface area contributed by atoms with Crippen molar-refractivity contribution in [2.45, 2.75) is 13.8 Å². The summed E-state index contributed by atoms with van der Waals surface area (Å²) in [5.74, 6) is -1.65. The lowest BCUT2D eigenvalue weighted by Crippen LogP contribution is -2.33. The van der Waals surface area contributed by atoms with Crippen LogP contribution in [0.15, 0.2) is 36.5 Å². The number of hydrogen-bond acceptors (Lipinski definition) is 5. The molecule has 4 amide bonds. The summed E-state index contributed by atoms with van der Waals surface area (Å²) < 4.78 is 0. The molecule has 0 saturated heterocycles. The summed E-state index contributed by atoms with van der Waals surface area (Å²) in [5.41, 5.74) is 1.06. The lowest BCUT2D eigenvalue weighted by Gasteiger charge is -2.16. The van der Waals surface area contributed by atoms with E-state index in [9.17, 15) is 19.2 Å². The van der Waals surface area contributed by atoms with Gasteiger partial charge in [-0.2, -0.15) is 0 Å². The lowest BCUT2D eigenvalue weighted by molar-refractivity contribution is 0.0635. The minimum Gasteiger partial charge on any atom is -0.274 e. The molecule has 1 aromatic carbocycles. The zero-order valence-electron chi connectivity index (χ0n) is 14.2. The normalized spacial score (nSPS) is 16.0. The van der Waals surface area contributed by atoms with Gasteiger partial charge in [0.1, 0.15) is 5.69 Å². The fourth-order valence-corrected chi connectivity index (χ4v) is 3.25. The van der Waals surface area contributed by atoms with Gasteiger partial charge in [-0.15, -0.1) is 0 Å². The second-order valence-corrected chi connectivity index (χ2v) is 6.69. The van der Waals surface area contributed by atoms with Crippen molar-refractivity contribution in [3.05, 3.63) is 58.9 Å². The fourth-order valence-electron chi connectivity index (χ4n) is 3.25. The number of hydrogen-bond donors (Lipinski definition) is 0. The highest BCUT2D eigenvalue weighted by atomic mass is 16.2.